The summed E-state index contributed by atoms with van der Waals surface area (Å²) >= 11 is 0. The van der Waals surface area contributed by atoms with Crippen molar-refractivity contribution in [2.45, 2.75) is 13.1 Å². The Morgan fingerprint density at radius 2 is 2.21 bits per heavy atom. The van der Waals surface area contributed by atoms with Crippen LogP contribution in [0.1, 0.15) is 0 Å². The number of benzene rings is 1. The minimum Gasteiger partial charge on any atom is -0.497 e. The van der Waals surface area contributed by atoms with Crippen LogP contribution in [0.15, 0.2) is 36.7 Å². The van der Waals surface area contributed by atoms with Gasteiger partial charge in [-0.3, -0.25) is 4.68 Å². The van der Waals surface area contributed by atoms with Crippen LogP contribution in [-0.4, -0.2) is 26.4 Å². The third kappa shape index (κ3) is 2.12. The van der Waals surface area contributed by atoms with Crippen LogP contribution in [0.2, 0.25) is 0 Å². The first-order valence-electron chi connectivity index (χ1n) is 6.05. The minimum atomic E-state index is 0.510. The highest BCUT2D eigenvalue weighted by molar-refractivity contribution is 5.79. The molecule has 0 saturated heterocycles. The van der Waals surface area contributed by atoms with Crippen molar-refractivity contribution < 1.29 is 4.74 Å². The largest absolute Gasteiger partial charge is 0.497 e. The number of anilines is 1. The van der Waals surface area contributed by atoms with Gasteiger partial charge in [0, 0.05) is 25.0 Å². The standard InChI is InChI=1S/C13H15N5O/c1-19-10-3-4-11-12(9-10)18(13(14)16-11)8-7-17-6-2-5-15-17/h2-6,9H,7-8H2,1H3,(H2,14,16). The van der Waals surface area contributed by atoms with Crippen LogP contribution in [0.5, 0.6) is 5.75 Å². The van der Waals surface area contributed by atoms with Crippen LogP contribution in [0.25, 0.3) is 11.0 Å². The summed E-state index contributed by atoms with van der Waals surface area (Å²) in [7, 11) is 1.65. The molecule has 0 radical (unpaired) electrons. The Morgan fingerprint density at radius 3 is 2.95 bits per heavy atom. The van der Waals surface area contributed by atoms with E-state index < -0.39 is 0 Å². The van der Waals surface area contributed by atoms with E-state index >= 15 is 0 Å². The maximum atomic E-state index is 5.97. The molecule has 6 heteroatoms. The number of nitrogens with zero attached hydrogens (tertiary/aromatic N) is 4. The summed E-state index contributed by atoms with van der Waals surface area (Å²) in [6.45, 7) is 1.47. The zero-order valence-electron chi connectivity index (χ0n) is 10.7. The van der Waals surface area contributed by atoms with Gasteiger partial charge in [-0.2, -0.15) is 5.10 Å². The SMILES string of the molecule is COc1ccc2nc(N)n(CCn3cccn3)c2c1. The fraction of sp³-hybridized carbons (Fsp3) is 0.231. The second-order valence-electron chi connectivity index (χ2n) is 4.25. The summed E-state index contributed by atoms with van der Waals surface area (Å²) in [5.41, 5.74) is 7.82. The fourth-order valence-electron chi connectivity index (χ4n) is 2.12. The number of ether oxygens (including phenoxy) is 1. The van der Waals surface area contributed by atoms with E-state index in [0.717, 1.165) is 29.9 Å². The van der Waals surface area contributed by atoms with E-state index in [0.29, 0.717) is 5.95 Å². The van der Waals surface area contributed by atoms with Crippen molar-refractivity contribution in [3.63, 3.8) is 0 Å². The molecule has 0 aliphatic rings. The first-order valence-corrected chi connectivity index (χ1v) is 6.05. The lowest BCUT2D eigenvalue weighted by Gasteiger charge is -2.07. The van der Waals surface area contributed by atoms with Crippen molar-refractivity contribution in [2.75, 3.05) is 12.8 Å². The van der Waals surface area contributed by atoms with Crippen molar-refractivity contribution in [1.82, 2.24) is 19.3 Å². The van der Waals surface area contributed by atoms with E-state index in [2.05, 4.69) is 10.1 Å². The average Bonchev–Trinajstić information content (AvgIpc) is 3.03. The number of nitrogens with two attached hydrogens (primary N) is 1. The smallest absolute Gasteiger partial charge is 0.201 e. The molecule has 6 nitrogen and oxygen atoms in total. The molecular formula is C13H15N5O. The van der Waals surface area contributed by atoms with Gasteiger partial charge in [0.2, 0.25) is 5.95 Å². The Labute approximate surface area is 110 Å². The van der Waals surface area contributed by atoms with Gasteiger partial charge in [-0.1, -0.05) is 0 Å². The Morgan fingerprint density at radius 1 is 1.32 bits per heavy atom. The molecule has 0 atom stereocenters. The van der Waals surface area contributed by atoms with Gasteiger partial charge in [0.05, 0.1) is 24.7 Å². The molecule has 0 unspecified atom stereocenters. The maximum Gasteiger partial charge on any atom is 0.201 e. The van der Waals surface area contributed by atoms with E-state index in [9.17, 15) is 0 Å². The number of fused-ring (bicyclic) bond motifs is 1. The first-order chi connectivity index (χ1) is 9.28. The number of rotatable bonds is 4. The molecule has 1 aromatic carbocycles. The predicted octanol–water partition coefficient (Wildman–Crippen LogP) is 1.52. The van der Waals surface area contributed by atoms with Gasteiger partial charge in [-0.25, -0.2) is 4.98 Å². The molecule has 0 spiro atoms. The first kappa shape index (κ1) is 11.6. The zero-order chi connectivity index (χ0) is 13.2. The number of methoxy groups -OCH3 is 1. The number of aryl methyl sites for hydroxylation is 2. The highest BCUT2D eigenvalue weighted by Gasteiger charge is 2.09. The van der Waals surface area contributed by atoms with Crippen molar-refractivity contribution in [3.05, 3.63) is 36.7 Å². The monoisotopic (exact) mass is 257 g/mol. The zero-order valence-corrected chi connectivity index (χ0v) is 10.7. The van der Waals surface area contributed by atoms with Crippen LogP contribution in [-0.2, 0) is 13.1 Å². The van der Waals surface area contributed by atoms with Crippen LogP contribution < -0.4 is 10.5 Å². The fourth-order valence-corrected chi connectivity index (χ4v) is 2.12. The van der Waals surface area contributed by atoms with Gasteiger partial charge in [-0.15, -0.1) is 0 Å². The molecule has 0 fully saturated rings. The lowest BCUT2D eigenvalue weighted by atomic mass is 10.3. The van der Waals surface area contributed by atoms with Gasteiger partial charge in [0.25, 0.3) is 0 Å². The maximum absolute atomic E-state index is 5.97. The second-order valence-corrected chi connectivity index (χ2v) is 4.25. The Kier molecular flexibility index (Phi) is 2.83. The molecule has 0 bridgehead atoms. The van der Waals surface area contributed by atoms with Gasteiger partial charge in [0.15, 0.2) is 0 Å². The van der Waals surface area contributed by atoms with Gasteiger partial charge in [0.1, 0.15) is 5.75 Å². The lowest BCUT2D eigenvalue weighted by Crippen LogP contribution is -2.10. The van der Waals surface area contributed by atoms with Crippen molar-refractivity contribution in [3.8, 4) is 5.75 Å². The van der Waals surface area contributed by atoms with Crippen molar-refractivity contribution in [1.29, 1.82) is 0 Å². The van der Waals surface area contributed by atoms with E-state index in [1.165, 1.54) is 0 Å². The molecule has 0 aliphatic heterocycles. The minimum absolute atomic E-state index is 0.510. The van der Waals surface area contributed by atoms with Crippen LogP contribution in [0.3, 0.4) is 0 Å². The molecule has 0 amide bonds. The van der Waals surface area contributed by atoms with Gasteiger partial charge >= 0.3 is 0 Å². The molecule has 19 heavy (non-hydrogen) atoms. The van der Waals surface area contributed by atoms with Crippen LogP contribution in [0.4, 0.5) is 5.95 Å². The second kappa shape index (κ2) is 4.64. The van der Waals surface area contributed by atoms with E-state index in [-0.39, 0.29) is 0 Å². The third-order valence-corrected chi connectivity index (χ3v) is 3.10. The van der Waals surface area contributed by atoms with E-state index in [4.69, 9.17) is 10.5 Å². The van der Waals surface area contributed by atoms with Crippen molar-refractivity contribution in [2.24, 2.45) is 0 Å². The summed E-state index contributed by atoms with van der Waals surface area (Å²) in [6, 6.07) is 7.64. The summed E-state index contributed by atoms with van der Waals surface area (Å²) < 4.78 is 9.08. The molecule has 3 rings (SSSR count). The molecule has 3 aromatic rings. The van der Waals surface area contributed by atoms with Crippen molar-refractivity contribution >= 4 is 17.0 Å². The Balaban J connectivity index is 1.94. The normalized spacial score (nSPS) is 11.0. The molecule has 0 saturated carbocycles. The Hall–Kier alpha value is -2.50. The number of nitrogen functional groups attached to an aromatic ring is 1. The van der Waals surface area contributed by atoms with Gasteiger partial charge in [-0.05, 0) is 18.2 Å². The number of hydrogen-bond donors (Lipinski definition) is 1. The highest BCUT2D eigenvalue weighted by atomic mass is 16.5. The molecule has 2 N–H and O–H groups in total. The molecule has 2 heterocycles. The van der Waals surface area contributed by atoms with E-state index in [1.54, 1.807) is 13.3 Å². The highest BCUT2D eigenvalue weighted by Crippen LogP contribution is 2.22. The molecule has 2 aromatic heterocycles. The summed E-state index contributed by atoms with van der Waals surface area (Å²) in [6.07, 6.45) is 3.69. The molecule has 98 valence electrons. The Bertz CT molecular complexity index is 686. The van der Waals surface area contributed by atoms with E-state index in [1.807, 2.05) is 39.7 Å². The third-order valence-electron chi connectivity index (χ3n) is 3.10. The molecule has 0 aliphatic carbocycles. The quantitative estimate of drug-likeness (QED) is 0.769. The molecular weight excluding hydrogens is 242 g/mol. The van der Waals surface area contributed by atoms with Gasteiger partial charge < -0.3 is 15.0 Å². The van der Waals surface area contributed by atoms with Crippen LogP contribution in [0, 0.1) is 0 Å². The lowest BCUT2D eigenvalue weighted by molar-refractivity contribution is 0.415. The number of hydrogen-bond acceptors (Lipinski definition) is 4. The number of imidazole rings is 1. The summed E-state index contributed by atoms with van der Waals surface area (Å²) in [5, 5.41) is 4.18. The predicted molar refractivity (Wildman–Crippen MR) is 72.9 cm³/mol. The number of aromatic nitrogens is 4. The summed E-state index contributed by atoms with van der Waals surface area (Å²) in [5.74, 6) is 1.31. The average molecular weight is 257 g/mol. The summed E-state index contributed by atoms with van der Waals surface area (Å²) in [4.78, 5) is 4.34. The van der Waals surface area contributed by atoms with Crippen LogP contribution >= 0.6 is 0 Å². The topological polar surface area (TPSA) is 70.9 Å².